The average Bonchev–Trinajstić information content (AvgIpc) is 2.50. The van der Waals surface area contributed by atoms with Crippen molar-refractivity contribution in [3.8, 4) is 0 Å². The number of aryl methyl sites for hydroxylation is 1. The summed E-state index contributed by atoms with van der Waals surface area (Å²) >= 11 is 0. The van der Waals surface area contributed by atoms with Crippen LogP contribution in [0.2, 0.25) is 0 Å². The number of anilines is 2. The van der Waals surface area contributed by atoms with Gasteiger partial charge in [-0.2, -0.15) is 0 Å². The van der Waals surface area contributed by atoms with Crippen LogP contribution >= 0.6 is 7.60 Å². The zero-order chi connectivity index (χ0) is 16.0. The van der Waals surface area contributed by atoms with Crippen LogP contribution in [-0.2, 0) is 13.6 Å². The Morgan fingerprint density at radius 3 is 2.36 bits per heavy atom. The Kier molecular flexibility index (Phi) is 5.72. The maximum atomic E-state index is 13.1. The predicted octanol–water partition coefficient (Wildman–Crippen LogP) is 4.03. The molecule has 22 heavy (non-hydrogen) atoms. The van der Waals surface area contributed by atoms with E-state index in [0.29, 0.717) is 24.3 Å². The van der Waals surface area contributed by atoms with Gasteiger partial charge in [0, 0.05) is 11.9 Å². The monoisotopic (exact) mass is 320 g/mol. The number of rotatable bonds is 7. The summed E-state index contributed by atoms with van der Waals surface area (Å²) in [6.45, 7) is 6.08. The fourth-order valence-electron chi connectivity index (χ4n) is 2.03. The molecule has 1 aromatic heterocycles. The van der Waals surface area contributed by atoms with Gasteiger partial charge in [-0.3, -0.25) is 4.57 Å². The molecule has 6 heteroatoms. The van der Waals surface area contributed by atoms with Crippen LogP contribution in [0.1, 0.15) is 19.4 Å². The normalized spacial score (nSPS) is 11.4. The molecule has 118 valence electrons. The zero-order valence-corrected chi connectivity index (χ0v) is 14.0. The maximum absolute atomic E-state index is 13.1. The molecule has 1 N–H and O–H groups in total. The van der Waals surface area contributed by atoms with Gasteiger partial charge in [-0.25, -0.2) is 4.98 Å². The maximum Gasteiger partial charge on any atom is 0.365 e. The van der Waals surface area contributed by atoms with Crippen molar-refractivity contribution in [1.82, 2.24) is 4.98 Å². The largest absolute Gasteiger partial charge is 0.365 e. The van der Waals surface area contributed by atoms with E-state index in [9.17, 15) is 4.57 Å². The molecule has 0 aliphatic rings. The highest BCUT2D eigenvalue weighted by Gasteiger charge is 2.31. The molecule has 0 unspecified atom stereocenters. The molecule has 0 atom stereocenters. The molecule has 1 aromatic carbocycles. The Morgan fingerprint density at radius 1 is 1.14 bits per heavy atom. The quantitative estimate of drug-likeness (QED) is 0.781. The number of nitrogens with one attached hydrogen (secondary N) is 1. The van der Waals surface area contributed by atoms with Crippen molar-refractivity contribution in [3.05, 3.63) is 48.2 Å². The molecule has 0 aliphatic carbocycles. The SMILES string of the molecule is CCOP(=O)(OCC)c1cc(C)cnc1Nc1ccccc1. The molecular weight excluding hydrogens is 299 g/mol. The average molecular weight is 320 g/mol. The molecular formula is C16H21N2O3P. The van der Waals surface area contributed by atoms with Crippen LogP contribution in [0.3, 0.4) is 0 Å². The first-order valence-electron chi connectivity index (χ1n) is 7.27. The zero-order valence-electron chi connectivity index (χ0n) is 13.1. The van der Waals surface area contributed by atoms with E-state index < -0.39 is 7.60 Å². The van der Waals surface area contributed by atoms with Crippen molar-refractivity contribution in [2.45, 2.75) is 20.8 Å². The van der Waals surface area contributed by atoms with E-state index in [1.807, 2.05) is 37.3 Å². The summed E-state index contributed by atoms with van der Waals surface area (Å²) in [6, 6.07) is 11.4. The van der Waals surface area contributed by atoms with Gasteiger partial charge in [0.15, 0.2) is 0 Å². The highest BCUT2D eigenvalue weighted by atomic mass is 31.2. The summed E-state index contributed by atoms with van der Waals surface area (Å²) in [6.07, 6.45) is 1.72. The summed E-state index contributed by atoms with van der Waals surface area (Å²) in [5.74, 6) is 0.488. The highest BCUT2D eigenvalue weighted by molar-refractivity contribution is 7.62. The second-order valence-electron chi connectivity index (χ2n) is 4.70. The van der Waals surface area contributed by atoms with E-state index in [-0.39, 0.29) is 0 Å². The van der Waals surface area contributed by atoms with E-state index >= 15 is 0 Å². The van der Waals surface area contributed by atoms with Crippen molar-refractivity contribution in [2.75, 3.05) is 18.5 Å². The van der Waals surface area contributed by atoms with Gasteiger partial charge in [0.1, 0.15) is 11.1 Å². The van der Waals surface area contributed by atoms with Crippen molar-refractivity contribution in [3.63, 3.8) is 0 Å². The van der Waals surface area contributed by atoms with Gasteiger partial charge < -0.3 is 14.4 Å². The third-order valence-corrected chi connectivity index (χ3v) is 5.06. The Hall–Kier alpha value is -1.68. The smallest absolute Gasteiger partial charge is 0.339 e. The number of benzene rings is 1. The fourth-order valence-corrected chi connectivity index (χ4v) is 3.80. The van der Waals surface area contributed by atoms with Gasteiger partial charge in [-0.05, 0) is 44.5 Å². The van der Waals surface area contributed by atoms with E-state index in [1.165, 1.54) is 0 Å². The molecule has 0 radical (unpaired) electrons. The molecule has 0 fully saturated rings. The summed E-state index contributed by atoms with van der Waals surface area (Å²) in [4.78, 5) is 4.36. The van der Waals surface area contributed by atoms with Crippen LogP contribution in [0.4, 0.5) is 11.5 Å². The third kappa shape index (κ3) is 3.95. The topological polar surface area (TPSA) is 60.5 Å². The summed E-state index contributed by atoms with van der Waals surface area (Å²) in [7, 11) is -3.40. The van der Waals surface area contributed by atoms with Crippen LogP contribution in [0.15, 0.2) is 42.6 Å². The lowest BCUT2D eigenvalue weighted by molar-refractivity contribution is 0.230. The van der Waals surface area contributed by atoms with Gasteiger partial charge in [-0.15, -0.1) is 0 Å². The Balaban J connectivity index is 2.45. The minimum Gasteiger partial charge on any atom is -0.339 e. The standard InChI is InChI=1S/C16H21N2O3P/c1-4-20-22(19,21-5-2)15-11-13(3)12-17-16(15)18-14-9-7-6-8-10-14/h6-12H,4-5H2,1-3H3,(H,17,18). The first kappa shape index (κ1) is 16.7. The summed E-state index contributed by atoms with van der Waals surface area (Å²) in [5, 5.41) is 3.64. The van der Waals surface area contributed by atoms with E-state index in [4.69, 9.17) is 9.05 Å². The van der Waals surface area contributed by atoms with Crippen LogP contribution in [0.25, 0.3) is 0 Å². The first-order chi connectivity index (χ1) is 10.6. The summed E-state index contributed by atoms with van der Waals surface area (Å²) in [5.41, 5.74) is 1.76. The minimum absolute atomic E-state index is 0.302. The van der Waals surface area contributed by atoms with E-state index in [1.54, 1.807) is 26.1 Å². The third-order valence-electron chi connectivity index (χ3n) is 2.93. The van der Waals surface area contributed by atoms with Crippen LogP contribution < -0.4 is 10.6 Å². The van der Waals surface area contributed by atoms with Crippen molar-refractivity contribution in [1.29, 1.82) is 0 Å². The Bertz CT molecular complexity index is 652. The second-order valence-corrected chi connectivity index (χ2v) is 6.70. The predicted molar refractivity (Wildman–Crippen MR) is 89.2 cm³/mol. The molecule has 0 saturated heterocycles. The van der Waals surface area contributed by atoms with Crippen molar-refractivity contribution < 1.29 is 13.6 Å². The molecule has 0 bridgehead atoms. The molecule has 0 saturated carbocycles. The molecule has 0 spiro atoms. The first-order valence-corrected chi connectivity index (χ1v) is 8.81. The molecule has 0 aliphatic heterocycles. The van der Waals surface area contributed by atoms with Crippen molar-refractivity contribution >= 4 is 24.4 Å². The van der Waals surface area contributed by atoms with Gasteiger partial charge in [0.25, 0.3) is 0 Å². The molecule has 1 heterocycles. The lowest BCUT2D eigenvalue weighted by atomic mass is 10.3. The fraction of sp³-hybridized carbons (Fsp3) is 0.312. The number of hydrogen-bond donors (Lipinski definition) is 1. The Morgan fingerprint density at radius 2 is 1.77 bits per heavy atom. The number of nitrogens with zero attached hydrogens (tertiary/aromatic N) is 1. The number of hydrogen-bond acceptors (Lipinski definition) is 5. The molecule has 2 rings (SSSR count). The van der Waals surface area contributed by atoms with Gasteiger partial charge in [-0.1, -0.05) is 18.2 Å². The Labute approximate surface area is 131 Å². The highest BCUT2D eigenvalue weighted by Crippen LogP contribution is 2.48. The second kappa shape index (κ2) is 7.54. The summed E-state index contributed by atoms with van der Waals surface area (Å²) < 4.78 is 23.9. The molecule has 2 aromatic rings. The van der Waals surface area contributed by atoms with E-state index in [2.05, 4.69) is 10.3 Å². The lowest BCUT2D eigenvalue weighted by Crippen LogP contribution is -2.17. The van der Waals surface area contributed by atoms with Gasteiger partial charge in [0.2, 0.25) is 0 Å². The number of pyridine rings is 1. The lowest BCUT2D eigenvalue weighted by Gasteiger charge is -2.20. The van der Waals surface area contributed by atoms with Crippen LogP contribution in [0.5, 0.6) is 0 Å². The molecule has 5 nitrogen and oxygen atoms in total. The van der Waals surface area contributed by atoms with Gasteiger partial charge >= 0.3 is 7.60 Å². The molecule has 0 amide bonds. The van der Waals surface area contributed by atoms with Crippen LogP contribution in [0, 0.1) is 6.92 Å². The van der Waals surface area contributed by atoms with Crippen molar-refractivity contribution in [2.24, 2.45) is 0 Å². The minimum atomic E-state index is -3.40. The van der Waals surface area contributed by atoms with Gasteiger partial charge in [0.05, 0.1) is 13.2 Å². The van der Waals surface area contributed by atoms with E-state index in [0.717, 1.165) is 11.3 Å². The number of aromatic nitrogens is 1. The number of para-hydroxylation sites is 1. The van der Waals surface area contributed by atoms with Crippen LogP contribution in [-0.4, -0.2) is 18.2 Å².